The van der Waals surface area contributed by atoms with Crippen molar-refractivity contribution in [2.24, 2.45) is 5.73 Å². The average molecular weight is 227 g/mol. The Morgan fingerprint density at radius 2 is 2.00 bits per heavy atom. The third kappa shape index (κ3) is 5.74. The number of H-pyrrole nitrogens is 1. The number of halogens is 2. The molecule has 5 N–H and O–H groups in total. The van der Waals surface area contributed by atoms with Gasteiger partial charge in [0.05, 0.1) is 6.20 Å². The van der Waals surface area contributed by atoms with Gasteiger partial charge in [-0.05, 0) is 25.8 Å². The molecule has 4 nitrogen and oxygen atoms in total. The first kappa shape index (κ1) is 15.0. The first-order valence-corrected chi connectivity index (χ1v) is 3.82. The third-order valence-electron chi connectivity index (χ3n) is 1.55. The van der Waals surface area contributed by atoms with Gasteiger partial charge in [-0.25, -0.2) is 4.98 Å². The van der Waals surface area contributed by atoms with Gasteiger partial charge in [-0.1, -0.05) is 0 Å². The van der Waals surface area contributed by atoms with Gasteiger partial charge in [-0.2, -0.15) is 0 Å². The number of rotatable bonds is 4. The van der Waals surface area contributed by atoms with Crippen molar-refractivity contribution in [3.63, 3.8) is 0 Å². The normalized spacial score (nSPS) is 8.69. The maximum atomic E-state index is 5.39. The summed E-state index contributed by atoms with van der Waals surface area (Å²) in [5.74, 6) is 0.493. The Kier molecular flexibility index (Phi) is 9.44. The summed E-state index contributed by atoms with van der Waals surface area (Å²) < 4.78 is 0. The van der Waals surface area contributed by atoms with Gasteiger partial charge in [0.15, 0.2) is 5.95 Å². The van der Waals surface area contributed by atoms with Gasteiger partial charge in [0.25, 0.3) is 0 Å². The van der Waals surface area contributed by atoms with Crippen LogP contribution in [0.1, 0.15) is 18.5 Å². The molecular formula is C7H16Cl2N4. The molecule has 0 atom stereocenters. The minimum atomic E-state index is 0. The van der Waals surface area contributed by atoms with E-state index < -0.39 is 0 Å². The molecule has 0 unspecified atom stereocenters. The number of hydrogen-bond donors (Lipinski definition) is 3. The number of nitrogens with zero attached hydrogens (tertiary/aromatic N) is 1. The molecule has 78 valence electrons. The minimum absolute atomic E-state index is 0. The molecule has 6 heteroatoms. The van der Waals surface area contributed by atoms with Crippen LogP contribution in [0.5, 0.6) is 0 Å². The van der Waals surface area contributed by atoms with Crippen LogP contribution in [0.2, 0.25) is 0 Å². The van der Waals surface area contributed by atoms with Gasteiger partial charge in [0.2, 0.25) is 0 Å². The fourth-order valence-corrected chi connectivity index (χ4v) is 0.963. The van der Waals surface area contributed by atoms with E-state index >= 15 is 0 Å². The van der Waals surface area contributed by atoms with Gasteiger partial charge in [-0.3, -0.25) is 0 Å². The monoisotopic (exact) mass is 226 g/mol. The predicted molar refractivity (Wildman–Crippen MR) is 59.5 cm³/mol. The number of nitrogen functional groups attached to an aromatic ring is 1. The molecule has 0 radical (unpaired) electrons. The number of nitrogens with two attached hydrogens (primary N) is 2. The number of hydrogen-bond acceptors (Lipinski definition) is 3. The van der Waals surface area contributed by atoms with Gasteiger partial charge < -0.3 is 16.5 Å². The minimum Gasteiger partial charge on any atom is -0.369 e. The molecule has 0 fully saturated rings. The number of aromatic nitrogens is 2. The number of unbranched alkanes of at least 4 members (excludes halogenated alkanes) is 1. The molecule has 1 aromatic heterocycles. The number of imidazole rings is 1. The van der Waals surface area contributed by atoms with Crippen LogP contribution in [0.25, 0.3) is 0 Å². The van der Waals surface area contributed by atoms with Crippen molar-refractivity contribution in [2.75, 3.05) is 12.3 Å². The SMILES string of the molecule is Cl.Cl.NCCCCc1cnc(N)[nH]1. The van der Waals surface area contributed by atoms with Crippen molar-refractivity contribution < 1.29 is 0 Å². The standard InChI is InChI=1S/C7H14N4.2ClH/c8-4-2-1-3-6-5-10-7(9)11-6;;/h5H,1-4,8H2,(H3,9,10,11);2*1H. The Bertz CT molecular complexity index is 214. The highest BCUT2D eigenvalue weighted by Gasteiger charge is 1.95. The van der Waals surface area contributed by atoms with Crippen LogP contribution in [0.3, 0.4) is 0 Å². The molecule has 1 aromatic rings. The summed E-state index contributed by atoms with van der Waals surface area (Å²) >= 11 is 0. The Balaban J connectivity index is 0. The number of aryl methyl sites for hydroxylation is 1. The first-order valence-electron chi connectivity index (χ1n) is 3.82. The Morgan fingerprint density at radius 1 is 1.31 bits per heavy atom. The molecule has 0 bridgehead atoms. The molecule has 1 heterocycles. The van der Waals surface area contributed by atoms with Crippen molar-refractivity contribution in [3.05, 3.63) is 11.9 Å². The quantitative estimate of drug-likeness (QED) is 0.674. The van der Waals surface area contributed by atoms with Gasteiger partial charge in [0.1, 0.15) is 0 Å². The molecule has 0 saturated carbocycles. The smallest absolute Gasteiger partial charge is 0.197 e. The van der Waals surface area contributed by atoms with E-state index in [9.17, 15) is 0 Å². The first-order chi connectivity index (χ1) is 5.33. The van der Waals surface area contributed by atoms with E-state index in [1.807, 2.05) is 0 Å². The fraction of sp³-hybridized carbons (Fsp3) is 0.571. The van der Waals surface area contributed by atoms with Gasteiger partial charge in [0, 0.05) is 5.69 Å². The summed E-state index contributed by atoms with van der Waals surface area (Å²) in [5, 5.41) is 0. The van der Waals surface area contributed by atoms with Crippen LogP contribution in [-0.4, -0.2) is 16.5 Å². The molecule has 13 heavy (non-hydrogen) atoms. The molecule has 0 aliphatic heterocycles. The molecule has 0 amide bonds. The topological polar surface area (TPSA) is 80.7 Å². The maximum Gasteiger partial charge on any atom is 0.197 e. The second-order valence-electron chi connectivity index (χ2n) is 2.54. The summed E-state index contributed by atoms with van der Waals surface area (Å²) in [5.41, 5.74) is 11.8. The summed E-state index contributed by atoms with van der Waals surface area (Å²) in [4.78, 5) is 6.85. The van der Waals surface area contributed by atoms with Crippen LogP contribution in [0.4, 0.5) is 5.95 Å². The molecule has 0 aliphatic rings. The van der Waals surface area contributed by atoms with Crippen LogP contribution in [0, 0.1) is 0 Å². The molecule has 0 saturated heterocycles. The van der Waals surface area contributed by atoms with Gasteiger partial charge in [-0.15, -0.1) is 24.8 Å². The van der Waals surface area contributed by atoms with Crippen molar-refractivity contribution in [1.82, 2.24) is 9.97 Å². The summed E-state index contributed by atoms with van der Waals surface area (Å²) in [6, 6.07) is 0. The number of aromatic amines is 1. The lowest BCUT2D eigenvalue weighted by Crippen LogP contribution is -1.99. The molecule has 0 spiro atoms. The van der Waals surface area contributed by atoms with E-state index in [1.165, 1.54) is 0 Å². The largest absolute Gasteiger partial charge is 0.369 e. The van der Waals surface area contributed by atoms with E-state index in [2.05, 4.69) is 9.97 Å². The summed E-state index contributed by atoms with van der Waals surface area (Å²) in [7, 11) is 0. The van der Waals surface area contributed by atoms with E-state index in [-0.39, 0.29) is 24.8 Å². The highest BCUT2D eigenvalue weighted by molar-refractivity contribution is 5.85. The van der Waals surface area contributed by atoms with Crippen LogP contribution in [0.15, 0.2) is 6.20 Å². The molecular weight excluding hydrogens is 211 g/mol. The lowest BCUT2D eigenvalue weighted by Gasteiger charge is -1.94. The van der Waals surface area contributed by atoms with E-state index in [1.54, 1.807) is 6.20 Å². The third-order valence-corrected chi connectivity index (χ3v) is 1.55. The average Bonchev–Trinajstić information content (AvgIpc) is 2.37. The fourth-order valence-electron chi connectivity index (χ4n) is 0.963. The lowest BCUT2D eigenvalue weighted by molar-refractivity contribution is 0.735. The Morgan fingerprint density at radius 3 is 2.46 bits per heavy atom. The zero-order chi connectivity index (χ0) is 8.10. The Labute approximate surface area is 90.3 Å². The van der Waals surface area contributed by atoms with Crippen LogP contribution >= 0.6 is 24.8 Å². The van der Waals surface area contributed by atoms with Gasteiger partial charge >= 0.3 is 0 Å². The van der Waals surface area contributed by atoms with Crippen LogP contribution in [-0.2, 0) is 6.42 Å². The second kappa shape index (κ2) is 8.16. The van der Waals surface area contributed by atoms with Crippen molar-refractivity contribution >= 4 is 30.8 Å². The Hall–Kier alpha value is -0.450. The summed E-state index contributed by atoms with van der Waals surface area (Å²) in [6.45, 7) is 0.754. The zero-order valence-electron chi connectivity index (χ0n) is 7.32. The lowest BCUT2D eigenvalue weighted by atomic mass is 10.2. The highest BCUT2D eigenvalue weighted by Crippen LogP contribution is 2.02. The second-order valence-corrected chi connectivity index (χ2v) is 2.54. The number of anilines is 1. The molecule has 0 aliphatic carbocycles. The van der Waals surface area contributed by atoms with E-state index in [4.69, 9.17) is 11.5 Å². The zero-order valence-corrected chi connectivity index (χ0v) is 8.96. The molecule has 0 aromatic carbocycles. The van der Waals surface area contributed by atoms with Crippen molar-refractivity contribution in [1.29, 1.82) is 0 Å². The predicted octanol–water partition coefficient (Wildman–Crippen LogP) is 1.12. The van der Waals surface area contributed by atoms with Crippen molar-refractivity contribution in [3.8, 4) is 0 Å². The highest BCUT2D eigenvalue weighted by atomic mass is 35.5. The maximum absolute atomic E-state index is 5.39. The number of nitrogens with one attached hydrogen (secondary N) is 1. The summed E-state index contributed by atoms with van der Waals surface area (Å²) in [6.07, 6.45) is 4.91. The van der Waals surface area contributed by atoms with Crippen LogP contribution < -0.4 is 11.5 Å². The van der Waals surface area contributed by atoms with E-state index in [0.717, 1.165) is 31.5 Å². The molecule has 1 rings (SSSR count). The van der Waals surface area contributed by atoms with Crippen molar-refractivity contribution in [2.45, 2.75) is 19.3 Å². The van der Waals surface area contributed by atoms with E-state index in [0.29, 0.717) is 5.95 Å².